The van der Waals surface area contributed by atoms with Crippen molar-refractivity contribution in [3.05, 3.63) is 90.1 Å². The molecular weight excluding hydrogens is 394 g/mol. The summed E-state index contributed by atoms with van der Waals surface area (Å²) in [7, 11) is 0. The summed E-state index contributed by atoms with van der Waals surface area (Å²) in [5.74, 6) is 0.501. The Morgan fingerprint density at radius 1 is 0.767 bits per heavy atom. The maximum Gasteiger partial charge on any atom is 0.226 e. The van der Waals surface area contributed by atoms with E-state index in [4.69, 9.17) is 21.5 Å². The Balaban J connectivity index is 1.65. The average Bonchev–Trinajstić information content (AvgIpc) is 3.18. The van der Waals surface area contributed by atoms with Gasteiger partial charge in [0.1, 0.15) is 11.2 Å². The molecule has 142 valence electrons. The molecule has 0 aliphatic carbocycles. The van der Waals surface area contributed by atoms with E-state index in [2.05, 4.69) is 15.0 Å². The van der Waals surface area contributed by atoms with Crippen LogP contribution in [-0.4, -0.2) is 15.0 Å². The Labute approximate surface area is 182 Å². The van der Waals surface area contributed by atoms with Gasteiger partial charge < -0.3 is 4.42 Å². The molecular formula is C25H14ClN3O. The highest BCUT2D eigenvalue weighted by atomic mass is 35.5. The Kier molecular flexibility index (Phi) is 2.98. The quantitative estimate of drug-likeness (QED) is 0.310. The van der Waals surface area contributed by atoms with E-state index in [1.54, 1.807) is 6.07 Å². The molecule has 30 heavy (non-hydrogen) atoms. The minimum Gasteiger partial charge on any atom is -0.456 e. The van der Waals surface area contributed by atoms with E-state index in [1.165, 1.54) is 12.1 Å². The predicted octanol–water partition coefficient (Wildman–Crippen LogP) is 6.91. The van der Waals surface area contributed by atoms with Gasteiger partial charge in [0.05, 0.1) is 5.48 Å². The van der Waals surface area contributed by atoms with Gasteiger partial charge in [-0.1, -0.05) is 66.7 Å². The summed E-state index contributed by atoms with van der Waals surface area (Å²) >= 11 is 6.30. The van der Waals surface area contributed by atoms with Crippen LogP contribution in [-0.2, 0) is 0 Å². The van der Waals surface area contributed by atoms with Gasteiger partial charge in [0, 0.05) is 21.9 Å². The summed E-state index contributed by atoms with van der Waals surface area (Å²) in [6.45, 7) is 0. The lowest BCUT2D eigenvalue weighted by atomic mass is 10.1. The van der Waals surface area contributed by atoms with E-state index in [1.807, 2.05) is 42.5 Å². The van der Waals surface area contributed by atoms with E-state index < -0.39 is 0 Å². The molecule has 0 aliphatic rings. The standard InChI is InChI=1S/C25H14ClN3O/c26-25-28-23(17-13-12-15-6-1-2-7-16(15)14-17)27-24(29-25)19-9-5-11-21-22(19)18-8-3-4-10-20(18)30-21/h1-14H/i3D,9D,10D,11D. The van der Waals surface area contributed by atoms with Crippen LogP contribution in [0.3, 0.4) is 0 Å². The molecule has 4 nitrogen and oxygen atoms in total. The van der Waals surface area contributed by atoms with Crippen LogP contribution in [0.5, 0.6) is 0 Å². The number of halogens is 1. The number of hydrogen-bond donors (Lipinski definition) is 0. The van der Waals surface area contributed by atoms with Gasteiger partial charge in [-0.05, 0) is 40.5 Å². The van der Waals surface area contributed by atoms with Crippen molar-refractivity contribution in [1.82, 2.24) is 15.0 Å². The molecule has 0 N–H and O–H groups in total. The Morgan fingerprint density at radius 3 is 2.53 bits per heavy atom. The molecule has 0 spiro atoms. The summed E-state index contributed by atoms with van der Waals surface area (Å²) < 4.78 is 39.0. The lowest BCUT2D eigenvalue weighted by molar-refractivity contribution is 0.669. The topological polar surface area (TPSA) is 51.8 Å². The van der Waals surface area contributed by atoms with Crippen LogP contribution in [0, 0.1) is 0 Å². The molecule has 0 unspecified atom stereocenters. The summed E-state index contributed by atoms with van der Waals surface area (Å²) in [5, 5.41) is 2.92. The molecule has 0 saturated carbocycles. The van der Waals surface area contributed by atoms with Crippen LogP contribution < -0.4 is 0 Å². The zero-order valence-corrected chi connectivity index (χ0v) is 16.2. The fourth-order valence-corrected chi connectivity index (χ4v) is 3.77. The number of rotatable bonds is 2. The number of benzene rings is 4. The highest BCUT2D eigenvalue weighted by molar-refractivity contribution is 6.28. The van der Waals surface area contributed by atoms with Crippen molar-refractivity contribution in [2.24, 2.45) is 0 Å². The van der Waals surface area contributed by atoms with Gasteiger partial charge in [0.25, 0.3) is 0 Å². The second kappa shape index (κ2) is 6.65. The second-order valence-corrected chi connectivity index (χ2v) is 7.11. The molecule has 6 aromatic rings. The first-order chi connectivity index (χ1) is 16.4. The van der Waals surface area contributed by atoms with Gasteiger partial charge in [0.2, 0.25) is 5.28 Å². The fraction of sp³-hybridized carbons (Fsp3) is 0. The van der Waals surface area contributed by atoms with E-state index in [0.717, 1.165) is 16.3 Å². The molecule has 0 amide bonds. The molecule has 2 heterocycles. The van der Waals surface area contributed by atoms with Crippen LogP contribution in [0.25, 0.3) is 55.5 Å². The number of nitrogens with zero attached hydrogens (tertiary/aromatic N) is 3. The first-order valence-corrected chi connectivity index (χ1v) is 9.61. The molecule has 0 saturated heterocycles. The molecule has 0 bridgehead atoms. The van der Waals surface area contributed by atoms with Crippen molar-refractivity contribution in [1.29, 1.82) is 0 Å². The number of hydrogen-bond acceptors (Lipinski definition) is 4. The highest BCUT2D eigenvalue weighted by Gasteiger charge is 2.16. The molecule has 4 aromatic carbocycles. The van der Waals surface area contributed by atoms with Gasteiger partial charge in [-0.25, -0.2) is 4.98 Å². The van der Waals surface area contributed by atoms with Gasteiger partial charge in [0.15, 0.2) is 11.6 Å². The largest absolute Gasteiger partial charge is 0.456 e. The normalized spacial score (nSPS) is 13.4. The van der Waals surface area contributed by atoms with Gasteiger partial charge in [-0.2, -0.15) is 9.97 Å². The first kappa shape index (κ1) is 13.5. The predicted molar refractivity (Wildman–Crippen MR) is 120 cm³/mol. The summed E-state index contributed by atoms with van der Waals surface area (Å²) in [6, 6.07) is 18.2. The van der Waals surface area contributed by atoms with Crippen LogP contribution >= 0.6 is 11.6 Å². The maximum atomic E-state index is 8.61. The zero-order valence-electron chi connectivity index (χ0n) is 19.4. The third-order valence-electron chi connectivity index (χ3n) is 4.97. The smallest absolute Gasteiger partial charge is 0.226 e. The van der Waals surface area contributed by atoms with Crippen molar-refractivity contribution in [3.8, 4) is 22.8 Å². The minimum absolute atomic E-state index is 0.000728. The number of fused-ring (bicyclic) bond motifs is 4. The molecule has 6 rings (SSSR count). The molecule has 5 heteroatoms. The van der Waals surface area contributed by atoms with E-state index in [0.29, 0.717) is 22.2 Å². The van der Waals surface area contributed by atoms with Crippen LogP contribution in [0.15, 0.2) is 89.3 Å². The summed E-state index contributed by atoms with van der Waals surface area (Å²) in [6.07, 6.45) is 0. The van der Waals surface area contributed by atoms with E-state index in [9.17, 15) is 0 Å². The van der Waals surface area contributed by atoms with Crippen LogP contribution in [0.2, 0.25) is 5.28 Å². The fourth-order valence-electron chi connectivity index (χ4n) is 3.61. The SMILES string of the molecule is [2H]c1cc([2H])c2oc3c([2H])cc([2H])c(-c4nc(Cl)nc(-c5ccc6ccccc6c5)n4)c3c2c1. The van der Waals surface area contributed by atoms with Gasteiger partial charge in [-0.15, -0.1) is 0 Å². The highest BCUT2D eigenvalue weighted by Crippen LogP contribution is 2.36. The average molecular weight is 412 g/mol. The summed E-state index contributed by atoms with van der Waals surface area (Å²) in [4.78, 5) is 13.2. The molecule has 0 radical (unpaired) electrons. The summed E-state index contributed by atoms with van der Waals surface area (Å²) in [5.41, 5.74) is 1.48. The minimum atomic E-state index is -0.0363. The van der Waals surface area contributed by atoms with E-state index >= 15 is 0 Å². The third-order valence-corrected chi connectivity index (χ3v) is 5.14. The van der Waals surface area contributed by atoms with E-state index in [-0.39, 0.29) is 46.4 Å². The Bertz CT molecular complexity index is 1780. The number of furan rings is 1. The van der Waals surface area contributed by atoms with Gasteiger partial charge >= 0.3 is 0 Å². The lowest BCUT2D eigenvalue weighted by Gasteiger charge is -2.07. The monoisotopic (exact) mass is 411 g/mol. The molecule has 2 aromatic heterocycles. The number of para-hydroxylation sites is 1. The lowest BCUT2D eigenvalue weighted by Crippen LogP contribution is -1.97. The number of aromatic nitrogens is 3. The molecule has 0 aliphatic heterocycles. The molecule has 0 fully saturated rings. The van der Waals surface area contributed by atoms with Crippen molar-refractivity contribution in [2.75, 3.05) is 0 Å². The first-order valence-electron chi connectivity index (χ1n) is 11.2. The van der Waals surface area contributed by atoms with Crippen molar-refractivity contribution < 1.29 is 9.90 Å². The van der Waals surface area contributed by atoms with Crippen molar-refractivity contribution in [2.45, 2.75) is 0 Å². The molecule has 0 atom stereocenters. The Hall–Kier alpha value is -3.76. The zero-order chi connectivity index (χ0) is 23.6. The van der Waals surface area contributed by atoms with Crippen molar-refractivity contribution >= 4 is 44.3 Å². The van der Waals surface area contributed by atoms with Crippen molar-refractivity contribution in [3.63, 3.8) is 0 Å². The van der Waals surface area contributed by atoms with Crippen LogP contribution in [0.4, 0.5) is 0 Å². The maximum absolute atomic E-state index is 8.61. The second-order valence-electron chi connectivity index (χ2n) is 6.77. The Morgan fingerprint density at radius 2 is 1.60 bits per heavy atom. The van der Waals surface area contributed by atoms with Crippen LogP contribution in [0.1, 0.15) is 5.48 Å². The third kappa shape index (κ3) is 2.73. The van der Waals surface area contributed by atoms with Gasteiger partial charge in [-0.3, -0.25) is 0 Å².